The van der Waals surface area contributed by atoms with Crippen LogP contribution in [0.5, 0.6) is 5.75 Å². The highest BCUT2D eigenvalue weighted by Crippen LogP contribution is 2.19. The molecule has 1 fully saturated rings. The predicted octanol–water partition coefficient (Wildman–Crippen LogP) is 3.45. The van der Waals surface area contributed by atoms with Crippen LogP contribution in [0.1, 0.15) is 43.0 Å². The van der Waals surface area contributed by atoms with E-state index in [1.807, 2.05) is 0 Å². The Morgan fingerprint density at radius 1 is 1.18 bits per heavy atom. The van der Waals surface area contributed by atoms with E-state index >= 15 is 0 Å². The number of hydrogen-bond acceptors (Lipinski definition) is 6. The Morgan fingerprint density at radius 2 is 1.94 bits per heavy atom. The molecular formula is C23H29N3O5S2. The summed E-state index contributed by atoms with van der Waals surface area (Å²) >= 11 is 5.24. The molecule has 0 aromatic heterocycles. The number of ether oxygens (including phenoxy) is 2. The number of rotatable bonds is 10. The minimum absolute atomic E-state index is 0.0797. The number of carbonyl (C=O) groups excluding carboxylic acids is 1. The summed E-state index contributed by atoms with van der Waals surface area (Å²) in [6, 6.07) is 13.1. The third kappa shape index (κ3) is 7.50. The van der Waals surface area contributed by atoms with Gasteiger partial charge in [-0.15, -0.1) is 0 Å². The quantitative estimate of drug-likeness (QED) is 0.345. The maximum Gasteiger partial charge on any atom is 0.261 e. The fourth-order valence-electron chi connectivity index (χ4n) is 3.25. The van der Waals surface area contributed by atoms with E-state index in [-0.39, 0.29) is 22.7 Å². The zero-order chi connectivity index (χ0) is 23.7. The first-order chi connectivity index (χ1) is 15.9. The van der Waals surface area contributed by atoms with Crippen molar-refractivity contribution in [3.05, 3.63) is 54.1 Å². The molecule has 33 heavy (non-hydrogen) atoms. The molecule has 1 heterocycles. The van der Waals surface area contributed by atoms with Gasteiger partial charge in [-0.1, -0.05) is 25.5 Å². The van der Waals surface area contributed by atoms with Crippen LogP contribution in [0, 0.1) is 0 Å². The van der Waals surface area contributed by atoms with E-state index in [2.05, 4.69) is 22.3 Å². The van der Waals surface area contributed by atoms with Gasteiger partial charge in [0.15, 0.2) is 5.11 Å². The molecule has 1 aliphatic heterocycles. The molecule has 1 saturated heterocycles. The highest BCUT2D eigenvalue weighted by atomic mass is 32.2. The molecule has 178 valence electrons. The molecule has 1 aliphatic rings. The lowest BCUT2D eigenvalue weighted by Gasteiger charge is -2.14. The SMILES string of the molecule is CCCCOc1ccccc1C(=O)NC(=S)Nc1ccc(S(=O)(=O)NCC2CCCO2)cc1. The molecule has 3 N–H and O–H groups in total. The number of anilines is 1. The van der Waals surface area contributed by atoms with Crippen molar-refractivity contribution in [1.29, 1.82) is 0 Å². The summed E-state index contributed by atoms with van der Waals surface area (Å²) in [7, 11) is -3.64. The minimum Gasteiger partial charge on any atom is -0.493 e. The van der Waals surface area contributed by atoms with Gasteiger partial charge >= 0.3 is 0 Å². The van der Waals surface area contributed by atoms with Crippen molar-refractivity contribution in [2.24, 2.45) is 0 Å². The summed E-state index contributed by atoms with van der Waals surface area (Å²) in [5.41, 5.74) is 0.933. The van der Waals surface area contributed by atoms with Gasteiger partial charge in [-0.05, 0) is 67.9 Å². The van der Waals surface area contributed by atoms with Crippen LogP contribution in [0.25, 0.3) is 0 Å². The summed E-state index contributed by atoms with van der Waals surface area (Å²) < 4.78 is 38.7. The monoisotopic (exact) mass is 491 g/mol. The molecule has 0 aliphatic carbocycles. The molecule has 2 aromatic carbocycles. The summed E-state index contributed by atoms with van der Waals surface area (Å²) in [6.07, 6.45) is 3.60. The normalized spacial score (nSPS) is 15.7. The van der Waals surface area contributed by atoms with E-state index in [9.17, 15) is 13.2 Å². The van der Waals surface area contributed by atoms with Crippen LogP contribution in [-0.2, 0) is 14.8 Å². The van der Waals surface area contributed by atoms with Crippen LogP contribution >= 0.6 is 12.2 Å². The van der Waals surface area contributed by atoms with Gasteiger partial charge in [-0.3, -0.25) is 10.1 Å². The van der Waals surface area contributed by atoms with Crippen molar-refractivity contribution in [2.45, 2.75) is 43.6 Å². The first kappa shape index (κ1) is 25.1. The van der Waals surface area contributed by atoms with Gasteiger partial charge in [0.25, 0.3) is 5.91 Å². The van der Waals surface area contributed by atoms with E-state index in [0.717, 1.165) is 25.7 Å². The van der Waals surface area contributed by atoms with Gasteiger partial charge in [0.05, 0.1) is 23.2 Å². The summed E-state index contributed by atoms with van der Waals surface area (Å²) in [5, 5.41) is 5.62. The second kappa shape index (κ2) is 12.1. The number of unbranched alkanes of at least 4 members (excludes halogenated alkanes) is 1. The summed E-state index contributed by atoms with van der Waals surface area (Å²) in [4.78, 5) is 12.8. The van der Waals surface area contributed by atoms with E-state index in [4.69, 9.17) is 21.7 Å². The molecule has 1 amide bonds. The topological polar surface area (TPSA) is 106 Å². The maximum absolute atomic E-state index is 12.6. The predicted molar refractivity (Wildman–Crippen MR) is 131 cm³/mol. The second-order valence-corrected chi connectivity index (χ2v) is 9.79. The lowest BCUT2D eigenvalue weighted by Crippen LogP contribution is -2.34. The van der Waals surface area contributed by atoms with E-state index in [0.29, 0.717) is 30.2 Å². The molecule has 1 atom stereocenters. The highest BCUT2D eigenvalue weighted by molar-refractivity contribution is 7.89. The molecule has 0 saturated carbocycles. The van der Waals surface area contributed by atoms with Crippen LogP contribution < -0.4 is 20.1 Å². The van der Waals surface area contributed by atoms with Crippen LogP contribution in [0.4, 0.5) is 5.69 Å². The number of carbonyl (C=O) groups is 1. The van der Waals surface area contributed by atoms with Crippen molar-refractivity contribution in [3.63, 3.8) is 0 Å². The molecule has 3 rings (SSSR count). The zero-order valence-electron chi connectivity index (χ0n) is 18.5. The van der Waals surface area contributed by atoms with Gasteiger partial charge in [0.1, 0.15) is 5.75 Å². The molecule has 0 bridgehead atoms. The average molecular weight is 492 g/mol. The Kier molecular flexibility index (Phi) is 9.19. The zero-order valence-corrected chi connectivity index (χ0v) is 20.1. The fraction of sp³-hybridized carbons (Fsp3) is 0.391. The van der Waals surface area contributed by atoms with Crippen LogP contribution in [0.2, 0.25) is 0 Å². The van der Waals surface area contributed by atoms with Crippen molar-refractivity contribution >= 4 is 38.9 Å². The minimum atomic E-state index is -3.64. The molecule has 10 heteroatoms. The number of thiocarbonyl (C=S) groups is 1. The molecule has 0 spiro atoms. The van der Waals surface area contributed by atoms with Gasteiger partial charge in [0.2, 0.25) is 10.0 Å². The molecular weight excluding hydrogens is 462 g/mol. The van der Waals surface area contributed by atoms with Gasteiger partial charge in [-0.2, -0.15) is 0 Å². The van der Waals surface area contributed by atoms with E-state index < -0.39 is 15.9 Å². The third-order valence-corrected chi connectivity index (χ3v) is 6.71. The first-order valence-electron chi connectivity index (χ1n) is 10.9. The number of sulfonamides is 1. The van der Waals surface area contributed by atoms with Crippen molar-refractivity contribution < 1.29 is 22.7 Å². The molecule has 8 nitrogen and oxygen atoms in total. The summed E-state index contributed by atoms with van der Waals surface area (Å²) in [6.45, 7) is 3.51. The van der Waals surface area contributed by atoms with Gasteiger partial charge < -0.3 is 14.8 Å². The Balaban J connectivity index is 1.55. The largest absolute Gasteiger partial charge is 0.493 e. The smallest absolute Gasteiger partial charge is 0.261 e. The van der Waals surface area contributed by atoms with Crippen molar-refractivity contribution in [2.75, 3.05) is 25.1 Å². The number of hydrogen-bond donors (Lipinski definition) is 3. The van der Waals surface area contributed by atoms with Crippen molar-refractivity contribution in [1.82, 2.24) is 10.0 Å². The third-order valence-electron chi connectivity index (χ3n) is 5.06. The summed E-state index contributed by atoms with van der Waals surface area (Å²) in [5.74, 6) is 0.105. The maximum atomic E-state index is 12.6. The Morgan fingerprint density at radius 3 is 2.64 bits per heavy atom. The molecule has 0 radical (unpaired) electrons. The highest BCUT2D eigenvalue weighted by Gasteiger charge is 2.20. The van der Waals surface area contributed by atoms with E-state index in [1.165, 1.54) is 12.1 Å². The van der Waals surface area contributed by atoms with Crippen molar-refractivity contribution in [3.8, 4) is 5.75 Å². The lowest BCUT2D eigenvalue weighted by atomic mass is 10.2. The van der Waals surface area contributed by atoms with Gasteiger partial charge in [0, 0.05) is 18.8 Å². The molecule has 2 aromatic rings. The number of nitrogens with one attached hydrogen (secondary N) is 3. The number of para-hydroxylation sites is 1. The number of amides is 1. The van der Waals surface area contributed by atoms with Crippen LogP contribution in [0.15, 0.2) is 53.4 Å². The second-order valence-electron chi connectivity index (χ2n) is 7.62. The Labute approximate surface area is 200 Å². The average Bonchev–Trinajstić information content (AvgIpc) is 3.32. The van der Waals surface area contributed by atoms with Crippen LogP contribution in [0.3, 0.4) is 0 Å². The lowest BCUT2D eigenvalue weighted by molar-refractivity contribution is 0.0973. The van der Waals surface area contributed by atoms with Gasteiger partial charge in [-0.25, -0.2) is 13.1 Å². The fourth-order valence-corrected chi connectivity index (χ4v) is 4.52. The Bertz CT molecular complexity index is 1050. The number of benzene rings is 2. The molecule has 1 unspecified atom stereocenters. The van der Waals surface area contributed by atoms with E-state index in [1.54, 1.807) is 36.4 Å². The standard InChI is InChI=1S/C23H29N3O5S2/c1-2-3-14-31-21-9-5-4-8-20(21)22(27)26-23(32)25-17-10-12-19(13-11-17)33(28,29)24-16-18-7-6-15-30-18/h4-5,8-13,18,24H,2-3,6-7,14-16H2,1H3,(H2,25,26,27,32). The first-order valence-corrected chi connectivity index (χ1v) is 12.8. The Hall–Kier alpha value is -2.53. The van der Waals surface area contributed by atoms with Crippen LogP contribution in [-0.4, -0.2) is 45.3 Å².